The van der Waals surface area contributed by atoms with E-state index < -0.39 is 0 Å². The number of aromatic nitrogens is 2. The number of esters is 1. The van der Waals surface area contributed by atoms with Gasteiger partial charge in [0.05, 0.1) is 12.3 Å². The van der Waals surface area contributed by atoms with Crippen molar-refractivity contribution >= 4 is 22.3 Å². The Morgan fingerprint density at radius 3 is 3.05 bits per heavy atom. The highest BCUT2D eigenvalue weighted by Crippen LogP contribution is 2.36. The van der Waals surface area contributed by atoms with Crippen LogP contribution in [0.15, 0.2) is 30.6 Å². The minimum Gasteiger partial charge on any atom is -0.462 e. The van der Waals surface area contributed by atoms with E-state index in [9.17, 15) is 4.79 Å². The van der Waals surface area contributed by atoms with Gasteiger partial charge in [-0.15, -0.1) is 0 Å². The van der Waals surface area contributed by atoms with E-state index in [0.717, 1.165) is 27.7 Å². The first-order chi connectivity index (χ1) is 10.7. The summed E-state index contributed by atoms with van der Waals surface area (Å²) in [4.78, 5) is 17.5. The van der Waals surface area contributed by atoms with Gasteiger partial charge in [-0.25, -0.2) is 9.78 Å². The summed E-state index contributed by atoms with van der Waals surface area (Å²) in [6.45, 7) is 2.40. The molecule has 0 aliphatic carbocycles. The van der Waals surface area contributed by atoms with Crippen LogP contribution in [0, 0.1) is 0 Å². The van der Waals surface area contributed by atoms with Crippen molar-refractivity contribution < 1.29 is 19.0 Å². The zero-order valence-corrected chi connectivity index (χ0v) is 12.6. The average molecular weight is 316 g/mol. The van der Waals surface area contributed by atoms with Gasteiger partial charge in [-0.05, 0) is 25.1 Å². The van der Waals surface area contributed by atoms with Gasteiger partial charge in [-0.1, -0.05) is 11.3 Å². The van der Waals surface area contributed by atoms with Gasteiger partial charge >= 0.3 is 5.97 Å². The SMILES string of the molecule is CCOC(=O)c1cn2cc(-c3ccc4c(c3)OCO4)nc2s1. The van der Waals surface area contributed by atoms with E-state index in [1.807, 2.05) is 28.8 Å². The molecule has 3 aromatic rings. The van der Waals surface area contributed by atoms with E-state index >= 15 is 0 Å². The summed E-state index contributed by atoms with van der Waals surface area (Å²) in [6, 6.07) is 5.71. The lowest BCUT2D eigenvalue weighted by Crippen LogP contribution is -2.01. The van der Waals surface area contributed by atoms with Crippen molar-refractivity contribution in [1.82, 2.24) is 9.38 Å². The van der Waals surface area contributed by atoms with Crippen molar-refractivity contribution in [1.29, 1.82) is 0 Å². The molecular weight excluding hydrogens is 304 g/mol. The number of rotatable bonds is 3. The smallest absolute Gasteiger partial charge is 0.349 e. The molecule has 22 heavy (non-hydrogen) atoms. The summed E-state index contributed by atoms with van der Waals surface area (Å²) in [7, 11) is 0. The van der Waals surface area contributed by atoms with Crippen LogP contribution in [0.1, 0.15) is 16.6 Å². The molecule has 112 valence electrons. The molecule has 0 saturated carbocycles. The maximum Gasteiger partial charge on any atom is 0.349 e. The number of ether oxygens (including phenoxy) is 3. The Labute approximate surface area is 129 Å². The second-order valence-corrected chi connectivity index (χ2v) is 5.71. The van der Waals surface area contributed by atoms with Crippen molar-refractivity contribution in [3.05, 3.63) is 35.5 Å². The fourth-order valence-electron chi connectivity index (χ4n) is 2.29. The van der Waals surface area contributed by atoms with Crippen LogP contribution in [0.25, 0.3) is 16.2 Å². The van der Waals surface area contributed by atoms with Crippen LogP contribution in [0.2, 0.25) is 0 Å². The number of nitrogens with zero attached hydrogens (tertiary/aromatic N) is 2. The summed E-state index contributed by atoms with van der Waals surface area (Å²) >= 11 is 1.31. The van der Waals surface area contributed by atoms with Gasteiger partial charge < -0.3 is 14.2 Å². The van der Waals surface area contributed by atoms with E-state index in [1.165, 1.54) is 11.3 Å². The van der Waals surface area contributed by atoms with Crippen LogP contribution in [0.3, 0.4) is 0 Å². The summed E-state index contributed by atoms with van der Waals surface area (Å²) in [5, 5.41) is 0. The first-order valence-corrected chi connectivity index (χ1v) is 7.62. The number of imidazole rings is 1. The lowest BCUT2D eigenvalue weighted by molar-refractivity contribution is 0.0531. The second-order valence-electron chi connectivity index (χ2n) is 4.70. The van der Waals surface area contributed by atoms with Crippen LogP contribution in [0.5, 0.6) is 11.5 Å². The molecule has 4 rings (SSSR count). The summed E-state index contributed by atoms with van der Waals surface area (Å²) < 4.78 is 17.5. The number of benzene rings is 1. The van der Waals surface area contributed by atoms with E-state index in [1.54, 1.807) is 13.1 Å². The molecule has 6 nitrogen and oxygen atoms in total. The van der Waals surface area contributed by atoms with Gasteiger partial charge in [0.1, 0.15) is 4.88 Å². The molecule has 0 atom stereocenters. The van der Waals surface area contributed by atoms with Crippen molar-refractivity contribution in [2.24, 2.45) is 0 Å². The zero-order chi connectivity index (χ0) is 15.1. The largest absolute Gasteiger partial charge is 0.462 e. The number of thiazole rings is 1. The van der Waals surface area contributed by atoms with Crippen LogP contribution in [-0.2, 0) is 4.74 Å². The molecule has 3 heterocycles. The highest BCUT2D eigenvalue weighted by Gasteiger charge is 2.17. The molecule has 0 amide bonds. The number of hydrogen-bond donors (Lipinski definition) is 0. The Balaban J connectivity index is 1.68. The summed E-state index contributed by atoms with van der Waals surface area (Å²) in [5.41, 5.74) is 1.76. The number of hydrogen-bond acceptors (Lipinski definition) is 6. The predicted molar refractivity (Wildman–Crippen MR) is 80.6 cm³/mol. The fourth-order valence-corrected chi connectivity index (χ4v) is 3.15. The molecule has 2 aromatic heterocycles. The normalized spacial score (nSPS) is 12.8. The summed E-state index contributed by atoms with van der Waals surface area (Å²) in [6.07, 6.45) is 3.62. The van der Waals surface area contributed by atoms with Gasteiger partial charge in [0.25, 0.3) is 0 Å². The molecule has 1 aliphatic rings. The molecule has 0 unspecified atom stereocenters. The topological polar surface area (TPSA) is 62.1 Å². The maximum absolute atomic E-state index is 11.7. The number of fused-ring (bicyclic) bond motifs is 2. The van der Waals surface area contributed by atoms with Crippen LogP contribution in [-0.4, -0.2) is 28.8 Å². The maximum atomic E-state index is 11.7. The average Bonchev–Trinajstić information content (AvgIpc) is 3.20. The van der Waals surface area contributed by atoms with Crippen molar-refractivity contribution in [2.45, 2.75) is 6.92 Å². The third-order valence-electron chi connectivity index (χ3n) is 3.30. The minimum atomic E-state index is -0.317. The predicted octanol–water partition coefficient (Wildman–Crippen LogP) is 2.97. The third-order valence-corrected chi connectivity index (χ3v) is 4.28. The Kier molecular flexibility index (Phi) is 3.00. The molecule has 0 saturated heterocycles. The van der Waals surface area contributed by atoms with E-state index in [2.05, 4.69) is 4.98 Å². The van der Waals surface area contributed by atoms with E-state index in [4.69, 9.17) is 14.2 Å². The molecule has 7 heteroatoms. The van der Waals surface area contributed by atoms with Gasteiger partial charge in [0, 0.05) is 18.0 Å². The molecule has 0 bridgehead atoms. The Morgan fingerprint density at radius 2 is 2.23 bits per heavy atom. The lowest BCUT2D eigenvalue weighted by Gasteiger charge is -1.99. The van der Waals surface area contributed by atoms with Crippen LogP contribution in [0.4, 0.5) is 0 Å². The first kappa shape index (κ1) is 13.1. The van der Waals surface area contributed by atoms with Gasteiger partial charge in [0.2, 0.25) is 6.79 Å². The Hall–Kier alpha value is -2.54. The Morgan fingerprint density at radius 1 is 1.36 bits per heavy atom. The molecule has 0 radical (unpaired) electrons. The van der Waals surface area contributed by atoms with Gasteiger partial charge in [-0.2, -0.15) is 0 Å². The summed E-state index contributed by atoms with van der Waals surface area (Å²) in [5.74, 6) is 1.15. The third kappa shape index (κ3) is 2.10. The van der Waals surface area contributed by atoms with Crippen molar-refractivity contribution in [2.75, 3.05) is 13.4 Å². The first-order valence-electron chi connectivity index (χ1n) is 6.80. The molecule has 1 aromatic carbocycles. The highest BCUT2D eigenvalue weighted by molar-refractivity contribution is 7.18. The highest BCUT2D eigenvalue weighted by atomic mass is 32.1. The molecule has 0 N–H and O–H groups in total. The minimum absolute atomic E-state index is 0.250. The number of carbonyl (C=O) groups is 1. The van der Waals surface area contributed by atoms with Crippen molar-refractivity contribution in [3.8, 4) is 22.8 Å². The van der Waals surface area contributed by atoms with Crippen LogP contribution < -0.4 is 9.47 Å². The second kappa shape index (κ2) is 5.03. The van der Waals surface area contributed by atoms with Crippen molar-refractivity contribution in [3.63, 3.8) is 0 Å². The van der Waals surface area contributed by atoms with Crippen LogP contribution >= 0.6 is 11.3 Å². The fraction of sp³-hybridized carbons (Fsp3) is 0.200. The molecule has 1 aliphatic heterocycles. The number of carbonyl (C=O) groups excluding carboxylic acids is 1. The lowest BCUT2D eigenvalue weighted by atomic mass is 10.1. The Bertz CT molecular complexity index is 836. The standard InChI is InChI=1S/C15H12N2O4S/c1-2-19-14(18)13-7-17-6-10(16-15(17)22-13)9-3-4-11-12(5-9)21-8-20-11/h3-7H,2,8H2,1H3. The zero-order valence-electron chi connectivity index (χ0n) is 11.7. The van der Waals surface area contributed by atoms with E-state index in [-0.39, 0.29) is 12.8 Å². The van der Waals surface area contributed by atoms with Gasteiger partial charge in [-0.3, -0.25) is 4.40 Å². The monoisotopic (exact) mass is 316 g/mol. The molecule has 0 spiro atoms. The molecule has 0 fully saturated rings. The van der Waals surface area contributed by atoms with E-state index in [0.29, 0.717) is 11.5 Å². The molecular formula is C15H12N2O4S. The quantitative estimate of drug-likeness (QED) is 0.695. The van der Waals surface area contributed by atoms with Gasteiger partial charge in [0.15, 0.2) is 16.5 Å².